The number of hydrogen-bond acceptors (Lipinski definition) is 4. The number of nitrogens with zero attached hydrogens (tertiary/aromatic N) is 4. The van der Waals surface area contributed by atoms with Crippen molar-refractivity contribution in [3.8, 4) is 0 Å². The predicted molar refractivity (Wildman–Crippen MR) is 91.6 cm³/mol. The molecule has 0 fully saturated rings. The van der Waals surface area contributed by atoms with E-state index in [1.165, 1.54) is 0 Å². The molecular weight excluding hydrogens is 290 g/mol. The predicted octanol–water partition coefficient (Wildman–Crippen LogP) is 2.57. The number of anilines is 1. The zero-order chi connectivity index (χ0) is 16.7. The third-order valence-corrected chi connectivity index (χ3v) is 3.68. The lowest BCUT2D eigenvalue weighted by Crippen LogP contribution is -2.31. The third kappa shape index (κ3) is 4.81. The number of pyridine rings is 1. The van der Waals surface area contributed by atoms with Crippen LogP contribution in [0.3, 0.4) is 0 Å². The Labute approximate surface area is 137 Å². The zero-order valence-corrected chi connectivity index (χ0v) is 14.1. The number of unbranched alkanes of at least 4 members (excludes halogenated alkanes) is 1. The van der Waals surface area contributed by atoms with Crippen LogP contribution < -0.4 is 5.32 Å². The smallest absolute Gasteiger partial charge is 0.257 e. The maximum absolute atomic E-state index is 12.5. The van der Waals surface area contributed by atoms with Crippen molar-refractivity contribution in [2.45, 2.75) is 33.2 Å². The molecule has 2 rings (SSSR count). The van der Waals surface area contributed by atoms with Crippen molar-refractivity contribution < 1.29 is 4.79 Å². The lowest BCUT2D eigenvalue weighted by atomic mass is 10.2. The van der Waals surface area contributed by atoms with Gasteiger partial charge in [-0.2, -0.15) is 5.10 Å². The second-order valence-corrected chi connectivity index (χ2v) is 5.61. The van der Waals surface area contributed by atoms with Gasteiger partial charge in [-0.1, -0.05) is 19.4 Å². The summed E-state index contributed by atoms with van der Waals surface area (Å²) in [6.07, 6.45) is 5.78. The zero-order valence-electron chi connectivity index (χ0n) is 14.1. The topological polar surface area (TPSA) is 63.1 Å². The van der Waals surface area contributed by atoms with Gasteiger partial charge in [-0.15, -0.1) is 0 Å². The van der Waals surface area contributed by atoms with Gasteiger partial charge >= 0.3 is 0 Å². The van der Waals surface area contributed by atoms with E-state index < -0.39 is 0 Å². The normalized spacial score (nSPS) is 10.6. The molecule has 0 radical (unpaired) electrons. The molecule has 0 aliphatic heterocycles. The van der Waals surface area contributed by atoms with Gasteiger partial charge in [0.05, 0.1) is 11.3 Å². The molecule has 0 atom stereocenters. The van der Waals surface area contributed by atoms with E-state index in [4.69, 9.17) is 0 Å². The van der Waals surface area contributed by atoms with Gasteiger partial charge in [-0.05, 0) is 25.5 Å². The standard InChI is InChI=1S/C17H25N5O/c1-4-5-11-22-13-15(14(2)20-22)17(23)21(3)12-10-19-16-8-6-7-9-18-16/h6-9,13H,4-5,10-12H2,1-3H3,(H,18,19). The van der Waals surface area contributed by atoms with E-state index in [0.717, 1.165) is 30.9 Å². The number of amides is 1. The summed E-state index contributed by atoms with van der Waals surface area (Å²) < 4.78 is 1.87. The fourth-order valence-corrected chi connectivity index (χ4v) is 2.29. The first-order valence-corrected chi connectivity index (χ1v) is 8.06. The molecule has 2 aromatic rings. The van der Waals surface area contributed by atoms with E-state index in [9.17, 15) is 4.79 Å². The van der Waals surface area contributed by atoms with Crippen LogP contribution in [0.25, 0.3) is 0 Å². The van der Waals surface area contributed by atoms with E-state index in [2.05, 4.69) is 22.3 Å². The molecule has 6 nitrogen and oxygen atoms in total. The molecule has 2 heterocycles. The van der Waals surface area contributed by atoms with Crippen LogP contribution in [0.5, 0.6) is 0 Å². The second kappa shape index (κ2) is 8.31. The molecule has 0 unspecified atom stereocenters. The molecule has 0 aliphatic rings. The molecule has 1 N–H and O–H groups in total. The monoisotopic (exact) mass is 315 g/mol. The molecule has 0 aromatic carbocycles. The van der Waals surface area contributed by atoms with Crippen molar-refractivity contribution in [1.82, 2.24) is 19.7 Å². The van der Waals surface area contributed by atoms with Crippen molar-refractivity contribution in [3.05, 3.63) is 41.9 Å². The lowest BCUT2D eigenvalue weighted by molar-refractivity contribution is 0.0799. The minimum absolute atomic E-state index is 0.00747. The van der Waals surface area contributed by atoms with E-state index in [1.807, 2.05) is 43.0 Å². The van der Waals surface area contributed by atoms with Crippen molar-refractivity contribution in [2.24, 2.45) is 0 Å². The van der Waals surface area contributed by atoms with Gasteiger partial charge < -0.3 is 10.2 Å². The number of nitrogens with one attached hydrogen (secondary N) is 1. The van der Waals surface area contributed by atoms with Crippen molar-refractivity contribution >= 4 is 11.7 Å². The van der Waals surface area contributed by atoms with E-state index in [1.54, 1.807) is 11.1 Å². The molecular formula is C17H25N5O. The van der Waals surface area contributed by atoms with Crippen LogP contribution in [0.4, 0.5) is 5.82 Å². The number of rotatable bonds is 8. The summed E-state index contributed by atoms with van der Waals surface area (Å²) in [5.41, 5.74) is 1.47. The number of carbonyl (C=O) groups excluding carboxylic acids is 1. The molecule has 6 heteroatoms. The summed E-state index contributed by atoms with van der Waals surface area (Å²) in [6, 6.07) is 5.71. The quantitative estimate of drug-likeness (QED) is 0.813. The van der Waals surface area contributed by atoms with Gasteiger partial charge in [0.25, 0.3) is 5.91 Å². The Balaban J connectivity index is 1.88. The highest BCUT2D eigenvalue weighted by molar-refractivity contribution is 5.94. The van der Waals surface area contributed by atoms with Gasteiger partial charge in [0.15, 0.2) is 0 Å². The van der Waals surface area contributed by atoms with Gasteiger partial charge in [0.1, 0.15) is 5.82 Å². The van der Waals surface area contributed by atoms with E-state index in [0.29, 0.717) is 18.7 Å². The van der Waals surface area contributed by atoms with Gasteiger partial charge in [0, 0.05) is 39.1 Å². The SMILES string of the molecule is CCCCn1cc(C(=O)N(C)CCNc2ccccn2)c(C)n1. The van der Waals surface area contributed by atoms with Crippen LogP contribution in [0.2, 0.25) is 0 Å². The largest absolute Gasteiger partial charge is 0.368 e. The highest BCUT2D eigenvalue weighted by Gasteiger charge is 2.17. The first-order valence-electron chi connectivity index (χ1n) is 8.06. The van der Waals surface area contributed by atoms with Crippen LogP contribution in [-0.4, -0.2) is 45.7 Å². The minimum atomic E-state index is 0.00747. The first kappa shape index (κ1) is 17.0. The Morgan fingerprint density at radius 1 is 1.39 bits per heavy atom. The molecule has 0 saturated heterocycles. The van der Waals surface area contributed by atoms with Crippen molar-refractivity contribution in [1.29, 1.82) is 0 Å². The molecule has 124 valence electrons. The number of likely N-dealkylation sites (N-methyl/N-ethyl adjacent to an activating group) is 1. The van der Waals surface area contributed by atoms with Crippen molar-refractivity contribution in [2.75, 3.05) is 25.5 Å². The Hall–Kier alpha value is -2.37. The first-order chi connectivity index (χ1) is 11.1. The average molecular weight is 315 g/mol. The van der Waals surface area contributed by atoms with Gasteiger partial charge in [0.2, 0.25) is 0 Å². The molecule has 0 aliphatic carbocycles. The lowest BCUT2D eigenvalue weighted by Gasteiger charge is -2.17. The van der Waals surface area contributed by atoms with Crippen LogP contribution in [0.15, 0.2) is 30.6 Å². The number of hydrogen-bond donors (Lipinski definition) is 1. The summed E-state index contributed by atoms with van der Waals surface area (Å²) >= 11 is 0. The maximum Gasteiger partial charge on any atom is 0.257 e. The van der Waals surface area contributed by atoms with Gasteiger partial charge in [-0.3, -0.25) is 9.48 Å². The molecule has 1 amide bonds. The highest BCUT2D eigenvalue weighted by atomic mass is 16.2. The fraction of sp³-hybridized carbons (Fsp3) is 0.471. The van der Waals surface area contributed by atoms with Crippen LogP contribution in [0.1, 0.15) is 35.8 Å². The fourth-order valence-electron chi connectivity index (χ4n) is 2.29. The Bertz CT molecular complexity index is 623. The minimum Gasteiger partial charge on any atom is -0.368 e. The summed E-state index contributed by atoms with van der Waals surface area (Å²) in [6.45, 7) is 6.15. The summed E-state index contributed by atoms with van der Waals surface area (Å²) in [5, 5.41) is 7.63. The van der Waals surface area contributed by atoms with Gasteiger partial charge in [-0.25, -0.2) is 4.98 Å². The molecule has 0 bridgehead atoms. The third-order valence-electron chi connectivity index (χ3n) is 3.68. The molecule has 0 saturated carbocycles. The van der Waals surface area contributed by atoms with Crippen LogP contribution >= 0.6 is 0 Å². The number of aromatic nitrogens is 3. The summed E-state index contributed by atoms with van der Waals surface area (Å²) in [4.78, 5) is 18.4. The van der Waals surface area contributed by atoms with E-state index >= 15 is 0 Å². The summed E-state index contributed by atoms with van der Waals surface area (Å²) in [5.74, 6) is 0.824. The Morgan fingerprint density at radius 3 is 2.91 bits per heavy atom. The van der Waals surface area contributed by atoms with Crippen molar-refractivity contribution in [3.63, 3.8) is 0 Å². The van der Waals surface area contributed by atoms with E-state index in [-0.39, 0.29) is 5.91 Å². The number of carbonyl (C=O) groups is 1. The highest BCUT2D eigenvalue weighted by Crippen LogP contribution is 2.10. The average Bonchev–Trinajstić information content (AvgIpc) is 2.94. The molecule has 0 spiro atoms. The Morgan fingerprint density at radius 2 is 2.22 bits per heavy atom. The maximum atomic E-state index is 12.5. The Kier molecular flexibility index (Phi) is 6.14. The molecule has 23 heavy (non-hydrogen) atoms. The number of aryl methyl sites for hydroxylation is 2. The molecule has 2 aromatic heterocycles. The van der Waals surface area contributed by atoms with Crippen LogP contribution in [-0.2, 0) is 6.54 Å². The second-order valence-electron chi connectivity index (χ2n) is 5.61. The summed E-state index contributed by atoms with van der Waals surface area (Å²) in [7, 11) is 1.81. The van der Waals surface area contributed by atoms with Crippen LogP contribution in [0, 0.1) is 6.92 Å².